The van der Waals surface area contributed by atoms with Gasteiger partial charge in [0, 0.05) is 51.0 Å². The Morgan fingerprint density at radius 2 is 1.13 bits per heavy atom. The van der Waals surface area contributed by atoms with Crippen molar-refractivity contribution in [2.45, 2.75) is 181 Å². The van der Waals surface area contributed by atoms with Crippen LogP contribution in [0.25, 0.3) is 0 Å². The predicted octanol–water partition coefficient (Wildman–Crippen LogP) is 9.48. The fraction of sp³-hybridized carbons (Fsp3) is 0.950. The summed E-state index contributed by atoms with van der Waals surface area (Å²) in [6.07, 6.45) is 29.0. The molecule has 0 unspecified atom stereocenters. The number of amides is 1. The second-order valence-electron chi connectivity index (χ2n) is 14.5. The summed E-state index contributed by atoms with van der Waals surface area (Å²) >= 11 is 0. The Balaban J connectivity index is 2.46. The van der Waals surface area contributed by atoms with Crippen LogP contribution in [0.1, 0.15) is 181 Å². The number of aliphatic hydroxyl groups excluding tert-OH is 1. The van der Waals surface area contributed by atoms with Gasteiger partial charge in [-0.2, -0.15) is 0 Å². The SMILES string of the molecule is CCCCCCCCCCCCOCC1(COC(=O)CCCCCCCCCCC)CCN(C(=O)CCN(CCO)CCCC)CC1. The van der Waals surface area contributed by atoms with E-state index >= 15 is 0 Å². The summed E-state index contributed by atoms with van der Waals surface area (Å²) in [5.74, 6) is 0.100. The maximum atomic E-state index is 13.1. The van der Waals surface area contributed by atoms with E-state index in [1.807, 2.05) is 4.90 Å². The quantitative estimate of drug-likeness (QED) is 0.0555. The molecule has 1 aliphatic rings. The van der Waals surface area contributed by atoms with Crippen molar-refractivity contribution in [1.82, 2.24) is 9.80 Å². The molecule has 47 heavy (non-hydrogen) atoms. The summed E-state index contributed by atoms with van der Waals surface area (Å²) in [7, 11) is 0. The van der Waals surface area contributed by atoms with E-state index < -0.39 is 0 Å². The molecular weight excluding hydrogens is 588 g/mol. The first-order chi connectivity index (χ1) is 23.0. The van der Waals surface area contributed by atoms with Gasteiger partial charge < -0.3 is 24.4 Å². The Kier molecular flexibility index (Phi) is 28.8. The van der Waals surface area contributed by atoms with Gasteiger partial charge in [0.2, 0.25) is 5.91 Å². The van der Waals surface area contributed by atoms with Crippen LogP contribution in [0.4, 0.5) is 0 Å². The van der Waals surface area contributed by atoms with Crippen LogP contribution in [-0.4, -0.2) is 85.9 Å². The van der Waals surface area contributed by atoms with Crippen molar-refractivity contribution in [3.8, 4) is 0 Å². The smallest absolute Gasteiger partial charge is 0.305 e. The van der Waals surface area contributed by atoms with Crippen molar-refractivity contribution in [2.75, 3.05) is 59.2 Å². The Morgan fingerprint density at radius 3 is 1.66 bits per heavy atom. The zero-order valence-electron chi connectivity index (χ0n) is 31.5. The molecule has 0 aromatic heterocycles. The van der Waals surface area contributed by atoms with Gasteiger partial charge in [-0.15, -0.1) is 0 Å². The zero-order valence-corrected chi connectivity index (χ0v) is 31.5. The molecule has 0 aromatic rings. The van der Waals surface area contributed by atoms with Crippen LogP contribution in [0.3, 0.4) is 0 Å². The van der Waals surface area contributed by atoms with Crippen LogP contribution >= 0.6 is 0 Å². The van der Waals surface area contributed by atoms with Crippen molar-refractivity contribution in [1.29, 1.82) is 0 Å². The summed E-state index contributed by atoms with van der Waals surface area (Å²) < 4.78 is 12.2. The monoisotopic (exact) mass is 667 g/mol. The maximum Gasteiger partial charge on any atom is 0.305 e. The lowest BCUT2D eigenvalue weighted by atomic mass is 9.79. The molecule has 0 bridgehead atoms. The second kappa shape index (κ2) is 30.8. The van der Waals surface area contributed by atoms with E-state index in [0.717, 1.165) is 58.1 Å². The van der Waals surface area contributed by atoms with Gasteiger partial charge in [0.1, 0.15) is 0 Å². The van der Waals surface area contributed by atoms with Crippen LogP contribution in [0.15, 0.2) is 0 Å². The van der Waals surface area contributed by atoms with E-state index in [1.165, 1.54) is 103 Å². The number of carbonyl (C=O) groups excluding carboxylic acids is 2. The standard InChI is InChI=1S/C40H78N2O5/c1-4-7-10-12-14-16-18-20-22-24-35-46-36-40(37-47-39(45)25-23-21-19-17-15-13-11-8-5-2)27-31-42(32-28-40)38(44)26-30-41(33-34-43)29-9-6-3/h43H,4-37H2,1-3H3. The van der Waals surface area contributed by atoms with Gasteiger partial charge >= 0.3 is 5.97 Å². The number of hydrogen-bond donors (Lipinski definition) is 1. The lowest BCUT2D eigenvalue weighted by Crippen LogP contribution is -2.48. The third-order valence-corrected chi connectivity index (χ3v) is 10.1. The van der Waals surface area contributed by atoms with Crippen molar-refractivity contribution >= 4 is 11.9 Å². The summed E-state index contributed by atoms with van der Waals surface area (Å²) in [6, 6.07) is 0. The van der Waals surface area contributed by atoms with Gasteiger partial charge in [0.15, 0.2) is 0 Å². The minimum absolute atomic E-state index is 0.0865. The molecule has 0 atom stereocenters. The molecule has 1 aliphatic heterocycles. The van der Waals surface area contributed by atoms with Crippen molar-refractivity contribution in [2.24, 2.45) is 5.41 Å². The van der Waals surface area contributed by atoms with Crippen LogP contribution in [0.5, 0.6) is 0 Å². The molecule has 1 saturated heterocycles. The van der Waals surface area contributed by atoms with E-state index in [0.29, 0.717) is 52.2 Å². The zero-order chi connectivity index (χ0) is 34.3. The molecule has 1 fully saturated rings. The van der Waals surface area contributed by atoms with E-state index in [9.17, 15) is 14.7 Å². The first-order valence-corrected chi connectivity index (χ1v) is 20.3. The highest BCUT2D eigenvalue weighted by Gasteiger charge is 2.37. The van der Waals surface area contributed by atoms with Crippen molar-refractivity contribution < 1.29 is 24.2 Å². The van der Waals surface area contributed by atoms with Gasteiger partial charge in [-0.25, -0.2) is 0 Å². The lowest BCUT2D eigenvalue weighted by molar-refractivity contribution is -0.153. The lowest BCUT2D eigenvalue weighted by Gasteiger charge is -2.41. The number of esters is 1. The molecule has 7 nitrogen and oxygen atoms in total. The number of carbonyl (C=O) groups is 2. The van der Waals surface area contributed by atoms with Crippen LogP contribution in [0.2, 0.25) is 0 Å². The number of ether oxygens (including phenoxy) is 2. The van der Waals surface area contributed by atoms with Crippen LogP contribution < -0.4 is 0 Å². The summed E-state index contributed by atoms with van der Waals surface area (Å²) in [5.41, 5.74) is -0.215. The summed E-state index contributed by atoms with van der Waals surface area (Å²) in [4.78, 5) is 30.0. The highest BCUT2D eigenvalue weighted by atomic mass is 16.5. The Labute approximate surface area is 291 Å². The average Bonchev–Trinajstić information content (AvgIpc) is 3.08. The topological polar surface area (TPSA) is 79.3 Å². The molecule has 1 heterocycles. The first-order valence-electron chi connectivity index (χ1n) is 20.3. The fourth-order valence-corrected chi connectivity index (χ4v) is 6.70. The molecular formula is C40H78N2O5. The van der Waals surface area contributed by atoms with Gasteiger partial charge in [-0.05, 0) is 38.6 Å². The van der Waals surface area contributed by atoms with Crippen molar-refractivity contribution in [3.05, 3.63) is 0 Å². The normalized spacial score (nSPS) is 14.6. The van der Waals surface area contributed by atoms with Crippen LogP contribution in [-0.2, 0) is 19.1 Å². The van der Waals surface area contributed by atoms with E-state index in [2.05, 4.69) is 25.7 Å². The molecule has 0 aromatic carbocycles. The van der Waals surface area contributed by atoms with Crippen LogP contribution in [0, 0.1) is 5.41 Å². The van der Waals surface area contributed by atoms with E-state index in [1.54, 1.807) is 0 Å². The Hall–Kier alpha value is -1.18. The number of likely N-dealkylation sites (tertiary alicyclic amines) is 1. The Bertz CT molecular complexity index is 725. The van der Waals surface area contributed by atoms with E-state index in [-0.39, 0.29) is 23.9 Å². The molecule has 0 aliphatic carbocycles. The minimum atomic E-state index is -0.215. The number of aliphatic hydroxyl groups is 1. The third kappa shape index (κ3) is 23.8. The number of piperidine rings is 1. The molecule has 1 N–H and O–H groups in total. The minimum Gasteiger partial charge on any atom is -0.465 e. The number of hydrogen-bond acceptors (Lipinski definition) is 6. The molecule has 0 saturated carbocycles. The molecule has 278 valence electrons. The largest absolute Gasteiger partial charge is 0.465 e. The molecule has 1 amide bonds. The van der Waals surface area contributed by atoms with Gasteiger partial charge in [0.25, 0.3) is 0 Å². The summed E-state index contributed by atoms with van der Waals surface area (Å²) in [5, 5.41) is 9.41. The number of rotatable bonds is 33. The van der Waals surface area contributed by atoms with Gasteiger partial charge in [-0.1, -0.05) is 136 Å². The molecule has 0 radical (unpaired) electrons. The fourth-order valence-electron chi connectivity index (χ4n) is 6.70. The highest BCUT2D eigenvalue weighted by Crippen LogP contribution is 2.33. The number of nitrogens with zero attached hydrogens (tertiary/aromatic N) is 2. The van der Waals surface area contributed by atoms with Crippen molar-refractivity contribution in [3.63, 3.8) is 0 Å². The number of unbranched alkanes of at least 4 members (excludes halogenated alkanes) is 18. The van der Waals surface area contributed by atoms with Gasteiger partial charge in [-0.3, -0.25) is 9.59 Å². The predicted molar refractivity (Wildman–Crippen MR) is 197 cm³/mol. The molecule has 0 spiro atoms. The summed E-state index contributed by atoms with van der Waals surface area (Å²) in [6.45, 7) is 12.2. The molecule has 1 rings (SSSR count). The second-order valence-corrected chi connectivity index (χ2v) is 14.5. The molecule has 7 heteroatoms. The highest BCUT2D eigenvalue weighted by molar-refractivity contribution is 5.76. The van der Waals surface area contributed by atoms with E-state index in [4.69, 9.17) is 9.47 Å². The average molecular weight is 667 g/mol. The third-order valence-electron chi connectivity index (χ3n) is 10.1. The maximum absolute atomic E-state index is 13.1. The Morgan fingerprint density at radius 1 is 0.617 bits per heavy atom. The van der Waals surface area contributed by atoms with Gasteiger partial charge in [0.05, 0.1) is 19.8 Å². The first kappa shape index (κ1) is 43.8.